The number of thiocarbonyl (C=S) groups is 1. The molecule has 3 aromatic carbocycles. The SMILES string of the molecule is COc1cc(NC(=S)Nc2cnn(Cc3cccc4ccccc34)c2)cc(OC)c1. The van der Waals surface area contributed by atoms with Gasteiger partial charge in [0.25, 0.3) is 0 Å². The van der Waals surface area contributed by atoms with Gasteiger partial charge in [0.05, 0.1) is 32.6 Å². The average Bonchev–Trinajstić information content (AvgIpc) is 3.20. The lowest BCUT2D eigenvalue weighted by Crippen LogP contribution is -2.18. The van der Waals surface area contributed by atoms with E-state index in [9.17, 15) is 0 Å². The summed E-state index contributed by atoms with van der Waals surface area (Å²) in [5, 5.41) is 13.7. The van der Waals surface area contributed by atoms with Crippen molar-refractivity contribution in [3.8, 4) is 11.5 Å². The highest BCUT2D eigenvalue weighted by molar-refractivity contribution is 7.80. The van der Waals surface area contributed by atoms with Gasteiger partial charge in [0.1, 0.15) is 11.5 Å². The molecule has 152 valence electrons. The fourth-order valence-corrected chi connectivity index (χ4v) is 3.53. The molecule has 4 rings (SSSR count). The van der Waals surface area contributed by atoms with Crippen LogP contribution in [0.4, 0.5) is 11.4 Å². The predicted octanol–water partition coefficient (Wildman–Crippen LogP) is 4.91. The second-order valence-corrected chi connectivity index (χ2v) is 7.15. The second-order valence-electron chi connectivity index (χ2n) is 6.75. The molecule has 0 aliphatic rings. The maximum absolute atomic E-state index is 5.44. The summed E-state index contributed by atoms with van der Waals surface area (Å²) in [7, 11) is 3.22. The van der Waals surface area contributed by atoms with Gasteiger partial charge in [0.2, 0.25) is 0 Å². The Labute approximate surface area is 180 Å². The quantitative estimate of drug-likeness (QED) is 0.434. The molecule has 0 radical (unpaired) electrons. The normalized spacial score (nSPS) is 10.6. The molecule has 0 aliphatic heterocycles. The molecular formula is C23H22N4O2S. The molecule has 2 N–H and O–H groups in total. The Bertz CT molecular complexity index is 1160. The third-order valence-corrected chi connectivity index (χ3v) is 4.92. The summed E-state index contributed by atoms with van der Waals surface area (Å²) in [6.45, 7) is 0.677. The van der Waals surface area contributed by atoms with Crippen molar-refractivity contribution in [2.45, 2.75) is 6.54 Å². The number of hydrogen-bond donors (Lipinski definition) is 2. The molecule has 0 saturated heterocycles. The van der Waals surface area contributed by atoms with Gasteiger partial charge < -0.3 is 20.1 Å². The highest BCUT2D eigenvalue weighted by Crippen LogP contribution is 2.26. The third-order valence-electron chi connectivity index (χ3n) is 4.71. The number of anilines is 2. The Kier molecular flexibility index (Phi) is 5.81. The van der Waals surface area contributed by atoms with E-state index in [1.807, 2.05) is 29.1 Å². The zero-order valence-electron chi connectivity index (χ0n) is 16.8. The smallest absolute Gasteiger partial charge is 0.175 e. The first-order valence-electron chi connectivity index (χ1n) is 9.45. The van der Waals surface area contributed by atoms with Gasteiger partial charge >= 0.3 is 0 Å². The molecule has 1 aromatic heterocycles. The molecule has 7 heteroatoms. The number of rotatable bonds is 6. The first kappa shape index (κ1) is 19.7. The number of methoxy groups -OCH3 is 2. The Morgan fingerprint density at radius 3 is 2.40 bits per heavy atom. The van der Waals surface area contributed by atoms with Crippen molar-refractivity contribution in [2.75, 3.05) is 24.9 Å². The standard InChI is InChI=1S/C23H22N4O2S/c1-28-20-10-18(11-21(12-20)29-2)25-23(30)26-19-13-24-27(15-19)14-17-8-5-7-16-6-3-4-9-22(16)17/h3-13,15H,14H2,1-2H3,(H2,25,26,30). The molecule has 4 aromatic rings. The minimum atomic E-state index is 0.454. The molecule has 0 fully saturated rings. The fraction of sp³-hybridized carbons (Fsp3) is 0.130. The minimum absolute atomic E-state index is 0.454. The number of benzene rings is 3. The van der Waals surface area contributed by atoms with Crippen LogP contribution < -0.4 is 20.1 Å². The molecule has 0 atom stereocenters. The van der Waals surface area contributed by atoms with Crippen LogP contribution in [0.3, 0.4) is 0 Å². The van der Waals surface area contributed by atoms with Crippen molar-refractivity contribution in [3.63, 3.8) is 0 Å². The van der Waals surface area contributed by atoms with Gasteiger partial charge in [0, 0.05) is 30.1 Å². The van der Waals surface area contributed by atoms with Gasteiger partial charge in [-0.15, -0.1) is 0 Å². The number of nitrogens with one attached hydrogen (secondary N) is 2. The van der Waals surface area contributed by atoms with Gasteiger partial charge in [-0.1, -0.05) is 42.5 Å². The molecule has 0 saturated carbocycles. The minimum Gasteiger partial charge on any atom is -0.497 e. The summed E-state index contributed by atoms with van der Waals surface area (Å²) < 4.78 is 12.5. The van der Waals surface area contributed by atoms with E-state index in [2.05, 4.69) is 52.1 Å². The second kappa shape index (κ2) is 8.84. The van der Waals surface area contributed by atoms with Crippen LogP contribution in [0.5, 0.6) is 11.5 Å². The van der Waals surface area contributed by atoms with Crippen molar-refractivity contribution in [2.24, 2.45) is 0 Å². The number of hydrogen-bond acceptors (Lipinski definition) is 4. The highest BCUT2D eigenvalue weighted by atomic mass is 32.1. The van der Waals surface area contributed by atoms with Crippen molar-refractivity contribution in [3.05, 3.63) is 78.6 Å². The number of aromatic nitrogens is 2. The van der Waals surface area contributed by atoms with E-state index in [0.717, 1.165) is 11.4 Å². The maximum atomic E-state index is 5.44. The van der Waals surface area contributed by atoms with Gasteiger partial charge in [-0.25, -0.2) is 0 Å². The predicted molar refractivity (Wildman–Crippen MR) is 125 cm³/mol. The van der Waals surface area contributed by atoms with Crippen molar-refractivity contribution < 1.29 is 9.47 Å². The molecule has 30 heavy (non-hydrogen) atoms. The first-order chi connectivity index (χ1) is 14.6. The summed E-state index contributed by atoms with van der Waals surface area (Å²) in [4.78, 5) is 0. The fourth-order valence-electron chi connectivity index (χ4n) is 3.29. The molecular weight excluding hydrogens is 396 g/mol. The van der Waals surface area contributed by atoms with Crippen molar-refractivity contribution >= 4 is 39.5 Å². The van der Waals surface area contributed by atoms with Crippen LogP contribution in [0.2, 0.25) is 0 Å². The third kappa shape index (κ3) is 4.52. The van der Waals surface area contributed by atoms with E-state index in [1.54, 1.807) is 26.5 Å². The van der Waals surface area contributed by atoms with Crippen LogP contribution in [0, 0.1) is 0 Å². The molecule has 0 bridgehead atoms. The number of fused-ring (bicyclic) bond motifs is 1. The van der Waals surface area contributed by atoms with Crippen molar-refractivity contribution in [1.29, 1.82) is 0 Å². The topological polar surface area (TPSA) is 60.3 Å². The van der Waals surface area contributed by atoms with Crippen LogP contribution in [0.15, 0.2) is 73.1 Å². The number of nitrogens with zero attached hydrogens (tertiary/aromatic N) is 2. The Morgan fingerprint density at radius 1 is 0.933 bits per heavy atom. The van der Waals surface area contributed by atoms with E-state index < -0.39 is 0 Å². The van der Waals surface area contributed by atoms with Crippen LogP contribution in [-0.4, -0.2) is 29.1 Å². The van der Waals surface area contributed by atoms with Gasteiger partial charge in [-0.3, -0.25) is 4.68 Å². The Hall–Kier alpha value is -3.58. The monoisotopic (exact) mass is 418 g/mol. The van der Waals surface area contributed by atoms with Gasteiger partial charge in [-0.05, 0) is 28.6 Å². The molecule has 6 nitrogen and oxygen atoms in total. The van der Waals surface area contributed by atoms with Crippen LogP contribution in [0.1, 0.15) is 5.56 Å². The number of ether oxygens (including phenoxy) is 2. The molecule has 0 amide bonds. The largest absolute Gasteiger partial charge is 0.497 e. The summed E-state index contributed by atoms with van der Waals surface area (Å²) in [5.74, 6) is 1.37. The Morgan fingerprint density at radius 2 is 1.63 bits per heavy atom. The molecule has 0 aliphatic carbocycles. The van der Waals surface area contributed by atoms with Gasteiger partial charge in [-0.2, -0.15) is 5.10 Å². The van der Waals surface area contributed by atoms with Gasteiger partial charge in [0.15, 0.2) is 5.11 Å². The van der Waals surface area contributed by atoms with E-state index in [4.69, 9.17) is 21.7 Å². The molecule has 0 unspecified atom stereocenters. The lowest BCUT2D eigenvalue weighted by atomic mass is 10.0. The summed E-state index contributed by atoms with van der Waals surface area (Å²) in [6.07, 6.45) is 3.69. The van der Waals surface area contributed by atoms with E-state index in [1.165, 1.54) is 16.3 Å². The van der Waals surface area contributed by atoms with Crippen LogP contribution in [0.25, 0.3) is 10.8 Å². The van der Waals surface area contributed by atoms with E-state index in [-0.39, 0.29) is 0 Å². The summed E-state index contributed by atoms with van der Waals surface area (Å²) in [6, 6.07) is 20.2. The Balaban J connectivity index is 1.44. The lowest BCUT2D eigenvalue weighted by molar-refractivity contribution is 0.395. The lowest BCUT2D eigenvalue weighted by Gasteiger charge is -2.12. The average molecular weight is 419 g/mol. The van der Waals surface area contributed by atoms with E-state index >= 15 is 0 Å². The maximum Gasteiger partial charge on any atom is 0.175 e. The summed E-state index contributed by atoms with van der Waals surface area (Å²) in [5.41, 5.74) is 2.79. The zero-order chi connectivity index (χ0) is 20.9. The highest BCUT2D eigenvalue weighted by Gasteiger charge is 2.07. The van der Waals surface area contributed by atoms with Crippen LogP contribution in [-0.2, 0) is 6.54 Å². The first-order valence-corrected chi connectivity index (χ1v) is 9.85. The molecule has 1 heterocycles. The van der Waals surface area contributed by atoms with Crippen molar-refractivity contribution in [1.82, 2.24) is 9.78 Å². The zero-order valence-corrected chi connectivity index (χ0v) is 17.6. The van der Waals surface area contributed by atoms with E-state index in [0.29, 0.717) is 23.2 Å². The molecule has 0 spiro atoms. The summed E-state index contributed by atoms with van der Waals surface area (Å²) >= 11 is 5.44. The van der Waals surface area contributed by atoms with Crippen LogP contribution >= 0.6 is 12.2 Å².